The largest absolute Gasteiger partial charge is 0.480 e. The van der Waals surface area contributed by atoms with Crippen LogP contribution in [-0.4, -0.2) is 53.7 Å². The number of amides is 2. The molecule has 7 heteroatoms. The second kappa shape index (κ2) is 9.87. The fourth-order valence-electron chi connectivity index (χ4n) is 5.05. The number of ether oxygens (including phenoxy) is 1. The molecule has 0 radical (unpaired) electrons. The highest BCUT2D eigenvalue weighted by atomic mass is 16.5. The summed E-state index contributed by atoms with van der Waals surface area (Å²) in [5.41, 5.74) is 3.85. The minimum Gasteiger partial charge on any atom is -0.480 e. The minimum absolute atomic E-state index is 0.0109. The average molecular weight is 465 g/mol. The van der Waals surface area contributed by atoms with Crippen LogP contribution in [0.4, 0.5) is 4.79 Å². The Morgan fingerprint density at radius 1 is 1.03 bits per heavy atom. The van der Waals surface area contributed by atoms with Crippen molar-refractivity contribution in [3.8, 4) is 11.1 Å². The predicted octanol–water partition coefficient (Wildman–Crippen LogP) is 4.41. The normalized spacial score (nSPS) is 17.6. The molecule has 2 aliphatic rings. The van der Waals surface area contributed by atoms with Crippen molar-refractivity contribution in [3.05, 3.63) is 59.7 Å². The summed E-state index contributed by atoms with van der Waals surface area (Å²) < 4.78 is 5.56. The number of rotatable bonds is 7. The highest BCUT2D eigenvalue weighted by molar-refractivity contribution is 5.87. The SMILES string of the molecule is CC(C)(CCNC(=O)OCC1c2ccccc2-c2ccccc21)C(=O)N1CCCCC1C(=O)O. The lowest BCUT2D eigenvalue weighted by Crippen LogP contribution is -2.52. The van der Waals surface area contributed by atoms with Gasteiger partial charge in [0.2, 0.25) is 5.91 Å². The van der Waals surface area contributed by atoms with E-state index in [9.17, 15) is 19.5 Å². The lowest BCUT2D eigenvalue weighted by Gasteiger charge is -2.38. The van der Waals surface area contributed by atoms with E-state index in [-0.39, 0.29) is 25.0 Å². The first kappa shape index (κ1) is 23.8. The third-order valence-electron chi connectivity index (χ3n) is 6.99. The number of aliphatic carboxylic acids is 1. The van der Waals surface area contributed by atoms with Gasteiger partial charge in [-0.25, -0.2) is 9.59 Å². The molecule has 4 rings (SSSR count). The Morgan fingerprint density at radius 2 is 1.65 bits per heavy atom. The summed E-state index contributed by atoms with van der Waals surface area (Å²) in [6.45, 7) is 4.54. The molecule has 0 aromatic heterocycles. The number of benzene rings is 2. The molecule has 1 fully saturated rings. The van der Waals surface area contributed by atoms with Gasteiger partial charge in [0.15, 0.2) is 0 Å². The third kappa shape index (κ3) is 4.79. The Hall–Kier alpha value is -3.35. The van der Waals surface area contributed by atoms with Gasteiger partial charge in [-0.1, -0.05) is 62.4 Å². The molecule has 2 aromatic carbocycles. The van der Waals surface area contributed by atoms with Crippen LogP contribution in [0.1, 0.15) is 56.6 Å². The quantitative estimate of drug-likeness (QED) is 0.633. The van der Waals surface area contributed by atoms with Gasteiger partial charge in [0.05, 0.1) is 0 Å². The van der Waals surface area contributed by atoms with E-state index in [1.54, 1.807) is 13.8 Å². The molecule has 0 spiro atoms. The van der Waals surface area contributed by atoms with E-state index in [1.165, 1.54) is 16.0 Å². The maximum atomic E-state index is 13.1. The van der Waals surface area contributed by atoms with Gasteiger partial charge in [0, 0.05) is 24.4 Å². The molecule has 2 aromatic rings. The molecule has 2 amide bonds. The van der Waals surface area contributed by atoms with Gasteiger partial charge in [-0.3, -0.25) is 4.79 Å². The molecule has 1 heterocycles. The highest BCUT2D eigenvalue weighted by Crippen LogP contribution is 2.44. The zero-order valence-corrected chi connectivity index (χ0v) is 19.8. The number of fused-ring (bicyclic) bond motifs is 3. The number of carboxylic acid groups (broad SMARTS) is 1. The van der Waals surface area contributed by atoms with Crippen LogP contribution in [-0.2, 0) is 14.3 Å². The van der Waals surface area contributed by atoms with Crippen LogP contribution in [0.2, 0.25) is 0 Å². The molecule has 0 saturated carbocycles. The Balaban J connectivity index is 1.30. The molecule has 1 aliphatic carbocycles. The van der Waals surface area contributed by atoms with E-state index in [4.69, 9.17) is 4.74 Å². The Morgan fingerprint density at radius 3 is 2.26 bits per heavy atom. The lowest BCUT2D eigenvalue weighted by atomic mass is 9.86. The van der Waals surface area contributed by atoms with Gasteiger partial charge in [-0.05, 0) is 47.9 Å². The number of alkyl carbamates (subject to hydrolysis) is 1. The summed E-state index contributed by atoms with van der Waals surface area (Å²) in [7, 11) is 0. The zero-order valence-electron chi connectivity index (χ0n) is 19.8. The van der Waals surface area contributed by atoms with Crippen molar-refractivity contribution < 1.29 is 24.2 Å². The van der Waals surface area contributed by atoms with E-state index in [0.29, 0.717) is 19.4 Å². The molecule has 7 nitrogen and oxygen atoms in total. The van der Waals surface area contributed by atoms with Gasteiger partial charge in [0.25, 0.3) is 0 Å². The minimum atomic E-state index is -0.958. The van der Waals surface area contributed by atoms with E-state index in [2.05, 4.69) is 29.6 Å². The van der Waals surface area contributed by atoms with E-state index in [0.717, 1.165) is 24.0 Å². The van der Waals surface area contributed by atoms with Gasteiger partial charge in [-0.2, -0.15) is 0 Å². The van der Waals surface area contributed by atoms with E-state index < -0.39 is 23.5 Å². The molecule has 34 heavy (non-hydrogen) atoms. The maximum absolute atomic E-state index is 13.1. The molecular weight excluding hydrogens is 432 g/mol. The van der Waals surface area contributed by atoms with Crippen LogP contribution in [0.3, 0.4) is 0 Å². The number of carboxylic acids is 1. The summed E-state index contributed by atoms with van der Waals surface area (Å²) in [4.78, 5) is 38.5. The number of nitrogens with zero attached hydrogens (tertiary/aromatic N) is 1. The number of nitrogens with one attached hydrogen (secondary N) is 1. The van der Waals surface area contributed by atoms with Crippen molar-refractivity contribution in [2.24, 2.45) is 5.41 Å². The smallest absolute Gasteiger partial charge is 0.407 e. The fraction of sp³-hybridized carbons (Fsp3) is 0.444. The Bertz CT molecular complexity index is 1030. The summed E-state index contributed by atoms with van der Waals surface area (Å²) in [5, 5.41) is 12.2. The third-order valence-corrected chi connectivity index (χ3v) is 6.99. The maximum Gasteiger partial charge on any atom is 0.407 e. The van der Waals surface area contributed by atoms with Crippen molar-refractivity contribution in [2.75, 3.05) is 19.7 Å². The first-order valence-electron chi connectivity index (χ1n) is 11.9. The van der Waals surface area contributed by atoms with Crippen molar-refractivity contribution >= 4 is 18.0 Å². The van der Waals surface area contributed by atoms with Crippen LogP contribution in [0.15, 0.2) is 48.5 Å². The van der Waals surface area contributed by atoms with Crippen molar-refractivity contribution in [3.63, 3.8) is 0 Å². The van der Waals surface area contributed by atoms with Gasteiger partial charge < -0.3 is 20.1 Å². The predicted molar refractivity (Wildman–Crippen MR) is 128 cm³/mol. The monoisotopic (exact) mass is 464 g/mol. The van der Waals surface area contributed by atoms with Crippen LogP contribution in [0.25, 0.3) is 11.1 Å². The molecule has 0 bridgehead atoms. The van der Waals surface area contributed by atoms with Crippen LogP contribution in [0, 0.1) is 5.41 Å². The Labute approximate surface area is 200 Å². The lowest BCUT2D eigenvalue weighted by molar-refractivity contribution is -0.156. The van der Waals surface area contributed by atoms with Crippen molar-refractivity contribution in [2.45, 2.75) is 51.5 Å². The number of carbonyl (C=O) groups excluding carboxylic acids is 2. The Kier molecular flexibility index (Phi) is 6.91. The molecule has 180 valence electrons. The first-order chi connectivity index (χ1) is 16.3. The number of likely N-dealkylation sites (tertiary alicyclic amines) is 1. The molecule has 2 N–H and O–H groups in total. The van der Waals surface area contributed by atoms with Gasteiger partial charge >= 0.3 is 12.1 Å². The number of carbonyl (C=O) groups is 3. The molecule has 1 saturated heterocycles. The van der Waals surface area contributed by atoms with Crippen LogP contribution >= 0.6 is 0 Å². The summed E-state index contributed by atoms with van der Waals surface area (Å²) >= 11 is 0. The second-order valence-electron chi connectivity index (χ2n) is 9.73. The highest BCUT2D eigenvalue weighted by Gasteiger charge is 2.39. The van der Waals surface area contributed by atoms with Crippen molar-refractivity contribution in [1.82, 2.24) is 10.2 Å². The number of hydrogen-bond donors (Lipinski definition) is 2. The number of piperidine rings is 1. The fourth-order valence-corrected chi connectivity index (χ4v) is 5.05. The zero-order chi connectivity index (χ0) is 24.3. The summed E-state index contributed by atoms with van der Waals surface area (Å²) in [5.74, 6) is -1.15. The van der Waals surface area contributed by atoms with E-state index in [1.807, 2.05) is 24.3 Å². The molecule has 1 atom stereocenters. The second-order valence-corrected chi connectivity index (χ2v) is 9.73. The average Bonchev–Trinajstić information content (AvgIpc) is 3.16. The first-order valence-corrected chi connectivity index (χ1v) is 11.9. The molecular formula is C27H32N2O5. The number of hydrogen-bond acceptors (Lipinski definition) is 4. The van der Waals surface area contributed by atoms with E-state index >= 15 is 0 Å². The van der Waals surface area contributed by atoms with Crippen molar-refractivity contribution in [1.29, 1.82) is 0 Å². The van der Waals surface area contributed by atoms with Gasteiger partial charge in [-0.15, -0.1) is 0 Å². The molecule has 1 aliphatic heterocycles. The van der Waals surface area contributed by atoms with Crippen LogP contribution in [0.5, 0.6) is 0 Å². The topological polar surface area (TPSA) is 95.9 Å². The van der Waals surface area contributed by atoms with Crippen LogP contribution < -0.4 is 5.32 Å². The summed E-state index contributed by atoms with van der Waals surface area (Å²) in [6, 6.07) is 15.6. The standard InChI is InChI=1S/C27H32N2O5/c1-27(2,25(32)29-16-8-7-13-23(29)24(30)31)14-15-28-26(33)34-17-22-20-11-5-3-9-18(20)19-10-4-6-12-21(19)22/h3-6,9-12,22-23H,7-8,13-17H2,1-2H3,(H,28,33)(H,30,31). The summed E-state index contributed by atoms with van der Waals surface area (Å²) in [6.07, 6.45) is 1.97. The molecule has 1 unspecified atom stereocenters. The van der Waals surface area contributed by atoms with Gasteiger partial charge in [0.1, 0.15) is 12.6 Å².